The Labute approximate surface area is 254 Å². The summed E-state index contributed by atoms with van der Waals surface area (Å²) in [7, 11) is 0. The molecule has 210 valence electrons. The fourth-order valence-corrected chi connectivity index (χ4v) is 6.34. The fraction of sp³-hybridized carbons (Fsp3) is 0.200. The number of nitrogens with zero attached hydrogens (tertiary/aromatic N) is 3. The van der Waals surface area contributed by atoms with Crippen molar-refractivity contribution in [3.63, 3.8) is 0 Å². The van der Waals surface area contributed by atoms with E-state index in [1.807, 2.05) is 18.2 Å². The Bertz CT molecular complexity index is 1990. The van der Waals surface area contributed by atoms with Crippen LogP contribution in [0.3, 0.4) is 0 Å². The zero-order valence-electron chi connectivity index (χ0n) is 25.7. The molecule has 6 rings (SSSR count). The maximum absolute atomic E-state index is 10.8. The second-order valence-corrected chi connectivity index (χ2v) is 13.3. The van der Waals surface area contributed by atoms with Crippen LogP contribution in [0.5, 0.6) is 0 Å². The minimum Gasteiger partial charge on any atom is -0.308 e. The van der Waals surface area contributed by atoms with Crippen molar-refractivity contribution >= 4 is 21.8 Å². The molecule has 43 heavy (non-hydrogen) atoms. The van der Waals surface area contributed by atoms with Gasteiger partial charge in [-0.2, -0.15) is 10.5 Å². The number of benzene rings is 5. The predicted octanol–water partition coefficient (Wildman–Crippen LogP) is 10.5. The molecule has 0 aliphatic carbocycles. The zero-order valence-corrected chi connectivity index (χ0v) is 25.7. The quantitative estimate of drug-likeness (QED) is 0.217. The first-order chi connectivity index (χ1) is 20.5. The summed E-state index contributed by atoms with van der Waals surface area (Å²) in [6.07, 6.45) is 0. The maximum atomic E-state index is 10.8. The van der Waals surface area contributed by atoms with E-state index in [0.717, 1.165) is 60.9 Å². The average molecular weight is 558 g/mol. The first-order valence-electron chi connectivity index (χ1n) is 14.7. The van der Waals surface area contributed by atoms with Crippen LogP contribution in [0.2, 0.25) is 0 Å². The van der Waals surface area contributed by atoms with E-state index in [2.05, 4.69) is 143 Å². The van der Waals surface area contributed by atoms with Gasteiger partial charge in [-0.3, -0.25) is 0 Å². The van der Waals surface area contributed by atoms with Gasteiger partial charge in [0.25, 0.3) is 0 Å². The summed E-state index contributed by atoms with van der Waals surface area (Å²) in [6, 6.07) is 41.2. The van der Waals surface area contributed by atoms with Gasteiger partial charge in [-0.25, -0.2) is 0 Å². The minimum absolute atomic E-state index is 0.320. The SMILES string of the molecule is CC(C)(C)c1cc(C#N)c(C(C)(C)C)c(C#N)c1-n1c2ccc(-c3ccccc3)cc2c2cc(-c3ccccc3)ccc21. The van der Waals surface area contributed by atoms with E-state index < -0.39 is 5.41 Å². The standard InChI is InChI=1S/C40H35N3/c1-39(2,3)34-23-30(24-41)37(40(4,5)6)33(25-42)38(34)43-35-19-17-28(26-13-9-7-10-14-26)21-31(35)32-22-29(18-20-36(32)43)27-15-11-8-12-16-27/h7-23H,1-6H3. The van der Waals surface area contributed by atoms with E-state index in [1.165, 1.54) is 0 Å². The molecule has 0 radical (unpaired) electrons. The van der Waals surface area contributed by atoms with Gasteiger partial charge in [-0.05, 0) is 74.5 Å². The molecule has 5 aromatic carbocycles. The van der Waals surface area contributed by atoms with Gasteiger partial charge in [0.2, 0.25) is 0 Å². The van der Waals surface area contributed by atoms with E-state index in [1.54, 1.807) is 0 Å². The van der Waals surface area contributed by atoms with E-state index >= 15 is 0 Å². The van der Waals surface area contributed by atoms with Crippen molar-refractivity contribution in [2.24, 2.45) is 0 Å². The Morgan fingerprint density at radius 2 is 1.02 bits per heavy atom. The van der Waals surface area contributed by atoms with Gasteiger partial charge in [0.1, 0.15) is 6.07 Å². The Morgan fingerprint density at radius 1 is 0.535 bits per heavy atom. The Kier molecular flexibility index (Phi) is 6.71. The second kappa shape index (κ2) is 10.3. The third kappa shape index (κ3) is 4.78. The molecule has 1 aromatic heterocycles. The summed E-state index contributed by atoms with van der Waals surface area (Å²) in [4.78, 5) is 0. The summed E-state index contributed by atoms with van der Waals surface area (Å²) in [6.45, 7) is 12.7. The number of aromatic nitrogens is 1. The molecular weight excluding hydrogens is 522 g/mol. The van der Waals surface area contributed by atoms with Crippen LogP contribution in [0.15, 0.2) is 103 Å². The smallest absolute Gasteiger partial charge is 0.102 e. The Morgan fingerprint density at radius 3 is 1.42 bits per heavy atom. The van der Waals surface area contributed by atoms with Crippen LogP contribution in [-0.4, -0.2) is 4.57 Å². The van der Waals surface area contributed by atoms with E-state index in [-0.39, 0.29) is 5.41 Å². The molecule has 0 N–H and O–H groups in total. The summed E-state index contributed by atoms with van der Waals surface area (Å²) < 4.78 is 2.27. The molecule has 0 saturated heterocycles. The first kappa shape index (κ1) is 28.0. The van der Waals surface area contributed by atoms with Gasteiger partial charge in [0.05, 0.1) is 33.9 Å². The van der Waals surface area contributed by atoms with Gasteiger partial charge in [0.15, 0.2) is 0 Å². The van der Waals surface area contributed by atoms with E-state index in [4.69, 9.17) is 0 Å². The van der Waals surface area contributed by atoms with Gasteiger partial charge < -0.3 is 4.57 Å². The van der Waals surface area contributed by atoms with E-state index in [0.29, 0.717) is 11.1 Å². The number of hydrogen-bond acceptors (Lipinski definition) is 2. The number of fused-ring (bicyclic) bond motifs is 3. The molecule has 0 unspecified atom stereocenters. The molecule has 3 nitrogen and oxygen atoms in total. The normalized spacial score (nSPS) is 11.9. The molecule has 0 aliphatic rings. The second-order valence-electron chi connectivity index (χ2n) is 13.3. The lowest BCUT2D eigenvalue weighted by atomic mass is 9.75. The number of rotatable bonds is 3. The van der Waals surface area contributed by atoms with Gasteiger partial charge >= 0.3 is 0 Å². The highest BCUT2D eigenvalue weighted by atomic mass is 15.0. The van der Waals surface area contributed by atoms with Crippen LogP contribution < -0.4 is 0 Å². The molecular formula is C40H35N3. The molecule has 0 amide bonds. The highest BCUT2D eigenvalue weighted by Gasteiger charge is 2.32. The maximum Gasteiger partial charge on any atom is 0.102 e. The Balaban J connectivity index is 1.80. The van der Waals surface area contributed by atoms with Crippen LogP contribution in [0.25, 0.3) is 49.7 Å². The Hall–Kier alpha value is -5.12. The topological polar surface area (TPSA) is 52.5 Å². The summed E-state index contributed by atoms with van der Waals surface area (Å²) >= 11 is 0. The fourth-order valence-electron chi connectivity index (χ4n) is 6.34. The molecule has 0 fully saturated rings. The van der Waals surface area contributed by atoms with Crippen LogP contribution in [0.1, 0.15) is 63.8 Å². The van der Waals surface area contributed by atoms with Gasteiger partial charge in [-0.15, -0.1) is 0 Å². The van der Waals surface area contributed by atoms with Crippen molar-refractivity contribution in [3.05, 3.63) is 125 Å². The predicted molar refractivity (Wildman–Crippen MR) is 178 cm³/mol. The lowest BCUT2D eigenvalue weighted by Crippen LogP contribution is -2.23. The summed E-state index contributed by atoms with van der Waals surface area (Å²) in [5, 5.41) is 23.3. The van der Waals surface area contributed by atoms with Crippen molar-refractivity contribution in [2.75, 3.05) is 0 Å². The molecule has 0 atom stereocenters. The highest BCUT2D eigenvalue weighted by molar-refractivity contribution is 6.12. The molecule has 6 aromatic rings. The van der Waals surface area contributed by atoms with Crippen LogP contribution >= 0.6 is 0 Å². The van der Waals surface area contributed by atoms with Crippen molar-refractivity contribution < 1.29 is 0 Å². The van der Waals surface area contributed by atoms with Crippen molar-refractivity contribution in [1.29, 1.82) is 10.5 Å². The molecule has 0 bridgehead atoms. The first-order valence-corrected chi connectivity index (χ1v) is 14.7. The monoisotopic (exact) mass is 557 g/mol. The third-order valence-electron chi connectivity index (χ3n) is 8.29. The molecule has 0 saturated carbocycles. The molecule has 0 spiro atoms. The van der Waals surface area contributed by atoms with E-state index in [9.17, 15) is 10.5 Å². The number of nitriles is 2. The third-order valence-corrected chi connectivity index (χ3v) is 8.29. The number of hydrogen-bond donors (Lipinski definition) is 0. The van der Waals surface area contributed by atoms with Gasteiger partial charge in [0, 0.05) is 10.8 Å². The lowest BCUT2D eigenvalue weighted by molar-refractivity contribution is 0.571. The van der Waals surface area contributed by atoms with Crippen LogP contribution in [0.4, 0.5) is 0 Å². The van der Waals surface area contributed by atoms with Crippen LogP contribution in [-0.2, 0) is 10.8 Å². The summed E-state index contributed by atoms with van der Waals surface area (Å²) in [5.74, 6) is 0. The largest absolute Gasteiger partial charge is 0.308 e. The van der Waals surface area contributed by atoms with Crippen LogP contribution in [0, 0.1) is 22.7 Å². The van der Waals surface area contributed by atoms with Crippen molar-refractivity contribution in [2.45, 2.75) is 52.4 Å². The lowest BCUT2D eigenvalue weighted by Gasteiger charge is -2.30. The zero-order chi connectivity index (χ0) is 30.5. The van der Waals surface area contributed by atoms with Gasteiger partial charge in [-0.1, -0.05) is 114 Å². The van der Waals surface area contributed by atoms with Crippen molar-refractivity contribution in [3.8, 4) is 40.1 Å². The molecule has 0 aliphatic heterocycles. The average Bonchev–Trinajstić information content (AvgIpc) is 3.32. The molecule has 3 heteroatoms. The van der Waals surface area contributed by atoms with Crippen molar-refractivity contribution in [1.82, 2.24) is 4.57 Å². The minimum atomic E-state index is -0.402. The molecule has 1 heterocycles. The summed E-state index contributed by atoms with van der Waals surface area (Å²) in [5.41, 5.74) is 9.71. The highest BCUT2D eigenvalue weighted by Crippen LogP contribution is 2.44.